The molecule has 142 valence electrons. The van der Waals surface area contributed by atoms with Gasteiger partial charge in [-0.25, -0.2) is 5.43 Å². The molecule has 1 aromatic rings. The van der Waals surface area contributed by atoms with E-state index in [2.05, 4.69) is 36.6 Å². The van der Waals surface area contributed by atoms with Crippen LogP contribution in [0.2, 0.25) is 0 Å². The van der Waals surface area contributed by atoms with Gasteiger partial charge in [-0.15, -0.1) is 0 Å². The van der Waals surface area contributed by atoms with Crippen molar-refractivity contribution in [3.05, 3.63) is 24.3 Å². The first-order chi connectivity index (χ1) is 12.3. The number of nitrogens with zero attached hydrogens (tertiary/aromatic N) is 1. The number of hydrogen-bond acceptors (Lipinski definition) is 4. The van der Waals surface area contributed by atoms with Crippen molar-refractivity contribution in [2.24, 2.45) is 16.4 Å². The summed E-state index contributed by atoms with van der Waals surface area (Å²) in [5.41, 5.74) is 4.08. The molecule has 2 N–H and O–H groups in total. The fourth-order valence-corrected chi connectivity index (χ4v) is 3.14. The zero-order valence-electron chi connectivity index (χ0n) is 16.1. The van der Waals surface area contributed by atoms with E-state index in [0.717, 1.165) is 31.4 Å². The van der Waals surface area contributed by atoms with Gasteiger partial charge in [-0.2, -0.15) is 5.10 Å². The maximum atomic E-state index is 12.1. The van der Waals surface area contributed by atoms with Crippen LogP contribution >= 0.6 is 0 Å². The van der Waals surface area contributed by atoms with Crippen LogP contribution in [-0.2, 0) is 9.59 Å². The van der Waals surface area contributed by atoms with Crippen molar-refractivity contribution in [1.29, 1.82) is 0 Å². The average Bonchev–Trinajstić information content (AvgIpc) is 2.61. The smallest absolute Gasteiger partial charge is 0.329 e. The number of anilines is 1. The van der Waals surface area contributed by atoms with Crippen LogP contribution in [0.1, 0.15) is 53.4 Å². The molecule has 6 nitrogen and oxygen atoms in total. The molecule has 1 aliphatic carbocycles. The van der Waals surface area contributed by atoms with Gasteiger partial charge in [-0.3, -0.25) is 9.59 Å². The summed E-state index contributed by atoms with van der Waals surface area (Å²) in [5, 5.41) is 6.71. The molecule has 0 radical (unpaired) electrons. The predicted octanol–water partition coefficient (Wildman–Crippen LogP) is 3.73. The lowest BCUT2D eigenvalue weighted by molar-refractivity contribution is -0.136. The summed E-state index contributed by atoms with van der Waals surface area (Å²) in [6.45, 7) is 9.10. The number of hydrazone groups is 1. The van der Waals surface area contributed by atoms with Crippen molar-refractivity contribution in [2.45, 2.75) is 53.4 Å². The molecule has 0 aromatic heterocycles. The average molecular weight is 359 g/mol. The van der Waals surface area contributed by atoms with E-state index in [4.69, 9.17) is 4.74 Å². The molecule has 1 aromatic carbocycles. The van der Waals surface area contributed by atoms with E-state index in [-0.39, 0.29) is 0 Å². The number of rotatable bonds is 4. The second kappa shape index (κ2) is 8.83. The monoisotopic (exact) mass is 359 g/mol. The topological polar surface area (TPSA) is 79.8 Å². The largest absolute Gasteiger partial charge is 0.492 e. The molecule has 1 fully saturated rings. The van der Waals surface area contributed by atoms with E-state index in [9.17, 15) is 9.59 Å². The first-order valence-corrected chi connectivity index (χ1v) is 9.19. The van der Waals surface area contributed by atoms with E-state index in [1.54, 1.807) is 24.3 Å². The van der Waals surface area contributed by atoms with Crippen LogP contribution in [0.25, 0.3) is 0 Å². The van der Waals surface area contributed by atoms with Crippen molar-refractivity contribution in [2.75, 3.05) is 11.9 Å². The van der Waals surface area contributed by atoms with Crippen molar-refractivity contribution < 1.29 is 14.3 Å². The lowest BCUT2D eigenvalue weighted by Crippen LogP contribution is -2.34. The Bertz CT molecular complexity index is 667. The maximum absolute atomic E-state index is 12.1. The number of carbonyl (C=O) groups is 2. The normalized spacial score (nSPS) is 17.4. The minimum Gasteiger partial charge on any atom is -0.492 e. The van der Waals surface area contributed by atoms with Crippen LogP contribution in [0, 0.1) is 11.3 Å². The number of amides is 2. The third kappa shape index (κ3) is 5.58. The van der Waals surface area contributed by atoms with Crippen LogP contribution in [-0.4, -0.2) is 24.1 Å². The third-order valence-electron chi connectivity index (χ3n) is 4.74. The summed E-state index contributed by atoms with van der Waals surface area (Å²) in [5.74, 6) is -0.342. The van der Waals surface area contributed by atoms with E-state index in [1.807, 2.05) is 6.92 Å². The molecule has 2 amide bonds. The van der Waals surface area contributed by atoms with Crippen LogP contribution < -0.4 is 15.5 Å². The van der Waals surface area contributed by atoms with Crippen molar-refractivity contribution in [1.82, 2.24) is 5.43 Å². The molecule has 0 saturated heterocycles. The quantitative estimate of drug-likeness (QED) is 0.635. The van der Waals surface area contributed by atoms with E-state index in [0.29, 0.717) is 29.4 Å². The van der Waals surface area contributed by atoms with Gasteiger partial charge in [0.1, 0.15) is 5.75 Å². The molecular formula is C20H29N3O3. The molecule has 0 heterocycles. The molecule has 0 unspecified atom stereocenters. The number of para-hydroxylation sites is 2. The maximum Gasteiger partial charge on any atom is 0.329 e. The third-order valence-corrected chi connectivity index (χ3v) is 4.74. The van der Waals surface area contributed by atoms with E-state index in [1.165, 1.54) is 0 Å². The Labute approximate surface area is 155 Å². The highest BCUT2D eigenvalue weighted by atomic mass is 16.5. The van der Waals surface area contributed by atoms with Crippen LogP contribution in [0.4, 0.5) is 5.69 Å². The molecule has 0 spiro atoms. The Morgan fingerprint density at radius 1 is 1.15 bits per heavy atom. The van der Waals surface area contributed by atoms with Crippen molar-refractivity contribution in [3.8, 4) is 5.75 Å². The molecule has 0 bridgehead atoms. The van der Waals surface area contributed by atoms with Crippen molar-refractivity contribution >= 4 is 23.2 Å². The number of ether oxygens (including phenoxy) is 1. The molecule has 0 aliphatic heterocycles. The summed E-state index contributed by atoms with van der Waals surface area (Å²) in [7, 11) is 0. The van der Waals surface area contributed by atoms with Gasteiger partial charge in [-0.05, 0) is 56.1 Å². The Balaban J connectivity index is 1.87. The van der Waals surface area contributed by atoms with Crippen LogP contribution in [0.3, 0.4) is 0 Å². The molecule has 2 rings (SSSR count). The number of carbonyl (C=O) groups excluding carboxylic acids is 2. The van der Waals surface area contributed by atoms with Crippen molar-refractivity contribution in [3.63, 3.8) is 0 Å². The number of benzene rings is 1. The number of nitrogens with one attached hydrogen (secondary N) is 2. The first-order valence-electron chi connectivity index (χ1n) is 9.19. The summed E-state index contributed by atoms with van der Waals surface area (Å²) in [6, 6.07) is 7.01. The van der Waals surface area contributed by atoms with Gasteiger partial charge in [0.2, 0.25) is 0 Å². The minimum absolute atomic E-state index is 0.294. The van der Waals surface area contributed by atoms with Gasteiger partial charge < -0.3 is 10.1 Å². The van der Waals surface area contributed by atoms with Crippen LogP contribution in [0.5, 0.6) is 5.75 Å². The molecular weight excluding hydrogens is 330 g/mol. The second-order valence-electron chi connectivity index (χ2n) is 7.64. The van der Waals surface area contributed by atoms with Gasteiger partial charge in [0.05, 0.1) is 12.3 Å². The Kier molecular flexibility index (Phi) is 6.77. The highest BCUT2D eigenvalue weighted by molar-refractivity contribution is 6.39. The summed E-state index contributed by atoms with van der Waals surface area (Å²) < 4.78 is 5.44. The lowest BCUT2D eigenvalue weighted by atomic mass is 9.72. The summed E-state index contributed by atoms with van der Waals surface area (Å²) >= 11 is 0. The van der Waals surface area contributed by atoms with Gasteiger partial charge in [0, 0.05) is 5.71 Å². The molecule has 1 saturated carbocycles. The summed E-state index contributed by atoms with van der Waals surface area (Å²) in [4.78, 5) is 24.1. The van der Waals surface area contributed by atoms with Gasteiger partial charge in [0.15, 0.2) is 0 Å². The SMILES string of the molecule is CCOc1ccccc1NC(=O)C(=O)NN=C1CCC(C(C)(C)C)CC1. The molecule has 1 aliphatic rings. The molecule has 0 atom stereocenters. The van der Waals surface area contributed by atoms with E-state index < -0.39 is 11.8 Å². The zero-order chi connectivity index (χ0) is 19.2. The second-order valence-corrected chi connectivity index (χ2v) is 7.64. The van der Waals surface area contributed by atoms with Gasteiger partial charge in [-0.1, -0.05) is 32.9 Å². The highest BCUT2D eigenvalue weighted by Crippen LogP contribution is 2.36. The Hall–Kier alpha value is -2.37. The molecule has 26 heavy (non-hydrogen) atoms. The Morgan fingerprint density at radius 2 is 1.81 bits per heavy atom. The fourth-order valence-electron chi connectivity index (χ4n) is 3.14. The van der Waals surface area contributed by atoms with Gasteiger partial charge >= 0.3 is 11.8 Å². The standard InChI is InChI=1S/C20H29N3O3/c1-5-26-17-9-7-6-8-16(17)21-18(24)19(25)23-22-15-12-10-14(11-13-15)20(2,3)4/h6-9,14H,5,10-13H2,1-4H3,(H,21,24)(H,23,25). The van der Waals surface area contributed by atoms with Crippen LogP contribution in [0.15, 0.2) is 29.4 Å². The van der Waals surface area contributed by atoms with Gasteiger partial charge in [0.25, 0.3) is 0 Å². The number of hydrogen-bond donors (Lipinski definition) is 2. The zero-order valence-corrected chi connectivity index (χ0v) is 16.1. The summed E-state index contributed by atoms with van der Waals surface area (Å²) in [6.07, 6.45) is 3.84. The fraction of sp³-hybridized carbons (Fsp3) is 0.550. The highest BCUT2D eigenvalue weighted by Gasteiger charge is 2.28. The predicted molar refractivity (Wildman–Crippen MR) is 103 cm³/mol. The first kappa shape index (κ1) is 19.9. The lowest BCUT2D eigenvalue weighted by Gasteiger charge is -2.34. The Morgan fingerprint density at radius 3 is 2.42 bits per heavy atom. The minimum atomic E-state index is -0.776. The molecule has 6 heteroatoms. The van der Waals surface area contributed by atoms with E-state index >= 15 is 0 Å².